The molecule has 2 N–H and O–H groups in total. The second kappa shape index (κ2) is 7.45. The van der Waals surface area contributed by atoms with Crippen LogP contribution in [0.1, 0.15) is 30.6 Å². The summed E-state index contributed by atoms with van der Waals surface area (Å²) < 4.78 is 5.26. The van der Waals surface area contributed by atoms with Crippen LogP contribution >= 0.6 is 22.9 Å². The van der Waals surface area contributed by atoms with E-state index in [1.807, 2.05) is 0 Å². The number of rotatable bonds is 5. The second-order valence-electron chi connectivity index (χ2n) is 6.12. The van der Waals surface area contributed by atoms with Crippen LogP contribution in [-0.2, 0) is 5.41 Å². The predicted molar refractivity (Wildman–Crippen MR) is 99.5 cm³/mol. The lowest BCUT2D eigenvalue weighted by molar-refractivity contribution is 0.248. The maximum atomic E-state index is 12.3. The molecule has 1 aromatic heterocycles. The Morgan fingerprint density at radius 2 is 2.12 bits per heavy atom. The van der Waals surface area contributed by atoms with Crippen molar-refractivity contribution in [2.75, 3.05) is 19.0 Å². The van der Waals surface area contributed by atoms with Crippen LogP contribution in [0.25, 0.3) is 0 Å². The van der Waals surface area contributed by atoms with Crippen LogP contribution in [-0.4, -0.2) is 19.7 Å². The largest absolute Gasteiger partial charge is 0.495 e. The van der Waals surface area contributed by atoms with E-state index in [9.17, 15) is 4.79 Å². The lowest BCUT2D eigenvalue weighted by atomic mass is 9.84. The lowest BCUT2D eigenvalue weighted by Crippen LogP contribution is -2.40. The van der Waals surface area contributed by atoms with Gasteiger partial charge in [0, 0.05) is 21.9 Å². The maximum absolute atomic E-state index is 12.3. The van der Waals surface area contributed by atoms with Crippen LogP contribution in [0.2, 0.25) is 5.02 Å². The SMILES string of the molecule is COc1ccc(Cl)cc1NC(=O)NCC1(c2cccs2)CCCC1. The topological polar surface area (TPSA) is 50.4 Å². The summed E-state index contributed by atoms with van der Waals surface area (Å²) in [6.07, 6.45) is 4.66. The van der Waals surface area contributed by atoms with Gasteiger partial charge in [-0.25, -0.2) is 4.79 Å². The number of thiophene rings is 1. The first kappa shape index (κ1) is 17.1. The molecular weight excluding hydrogens is 344 g/mol. The normalized spacial score (nSPS) is 15.9. The number of carbonyl (C=O) groups excluding carboxylic acids is 1. The molecule has 0 radical (unpaired) electrons. The van der Waals surface area contributed by atoms with Gasteiger partial charge >= 0.3 is 6.03 Å². The van der Waals surface area contributed by atoms with Gasteiger partial charge in [-0.15, -0.1) is 11.3 Å². The van der Waals surface area contributed by atoms with Gasteiger partial charge in [0.2, 0.25) is 0 Å². The molecule has 2 aromatic rings. The molecule has 24 heavy (non-hydrogen) atoms. The third-order valence-corrected chi connectivity index (χ3v) is 5.95. The van der Waals surface area contributed by atoms with Crippen molar-refractivity contribution in [3.63, 3.8) is 0 Å². The molecule has 3 rings (SSSR count). The molecular formula is C18H21ClN2O2S. The second-order valence-corrected chi connectivity index (χ2v) is 7.50. The molecule has 0 saturated heterocycles. The number of anilines is 1. The summed E-state index contributed by atoms with van der Waals surface area (Å²) >= 11 is 7.78. The number of methoxy groups -OCH3 is 1. The number of hydrogen-bond donors (Lipinski definition) is 2. The van der Waals surface area contributed by atoms with Gasteiger partial charge < -0.3 is 15.4 Å². The van der Waals surface area contributed by atoms with E-state index in [2.05, 4.69) is 28.1 Å². The standard InChI is InChI=1S/C18H21ClN2O2S/c1-23-15-7-6-13(19)11-14(15)21-17(22)20-12-18(8-2-3-9-18)16-5-4-10-24-16/h4-7,10-11H,2-3,8-9,12H2,1H3,(H2,20,21,22). The molecule has 0 atom stereocenters. The van der Waals surface area contributed by atoms with Gasteiger partial charge in [0.05, 0.1) is 12.8 Å². The first-order valence-corrected chi connectivity index (χ1v) is 9.31. The first-order chi connectivity index (χ1) is 11.6. The summed E-state index contributed by atoms with van der Waals surface area (Å²) in [4.78, 5) is 13.7. The van der Waals surface area contributed by atoms with E-state index in [0.29, 0.717) is 23.0 Å². The fourth-order valence-corrected chi connectivity index (χ4v) is 4.50. The average Bonchev–Trinajstić information content (AvgIpc) is 3.25. The number of ether oxygens (including phenoxy) is 1. The zero-order chi connectivity index (χ0) is 17.0. The zero-order valence-corrected chi connectivity index (χ0v) is 15.2. The highest BCUT2D eigenvalue weighted by atomic mass is 35.5. The highest BCUT2D eigenvalue weighted by molar-refractivity contribution is 7.10. The number of halogens is 1. The average molecular weight is 365 g/mol. The summed E-state index contributed by atoms with van der Waals surface area (Å²) in [5.74, 6) is 0.586. The minimum absolute atomic E-state index is 0.0733. The van der Waals surface area contributed by atoms with Crippen molar-refractivity contribution in [3.05, 3.63) is 45.6 Å². The Hall–Kier alpha value is -1.72. The van der Waals surface area contributed by atoms with Gasteiger partial charge in [-0.1, -0.05) is 30.5 Å². The Balaban J connectivity index is 1.66. The maximum Gasteiger partial charge on any atom is 0.319 e. The Morgan fingerprint density at radius 1 is 1.33 bits per heavy atom. The molecule has 6 heteroatoms. The summed E-state index contributed by atoms with van der Waals surface area (Å²) in [5.41, 5.74) is 0.642. The molecule has 2 amide bonds. The van der Waals surface area contributed by atoms with Crippen LogP contribution in [0.5, 0.6) is 5.75 Å². The quantitative estimate of drug-likeness (QED) is 0.780. The monoisotopic (exact) mass is 364 g/mol. The van der Waals surface area contributed by atoms with Gasteiger partial charge in [-0.3, -0.25) is 0 Å². The molecule has 1 fully saturated rings. The molecule has 0 aliphatic heterocycles. The molecule has 1 aliphatic rings. The molecule has 128 valence electrons. The number of amides is 2. The van der Waals surface area contributed by atoms with Crippen LogP contribution < -0.4 is 15.4 Å². The van der Waals surface area contributed by atoms with Gasteiger partial charge in [0.15, 0.2) is 0 Å². The van der Waals surface area contributed by atoms with E-state index in [1.165, 1.54) is 17.7 Å². The summed E-state index contributed by atoms with van der Waals surface area (Å²) in [6.45, 7) is 0.641. The molecule has 0 unspecified atom stereocenters. The molecule has 0 bridgehead atoms. The number of carbonyl (C=O) groups is 1. The van der Waals surface area contributed by atoms with Crippen molar-refractivity contribution < 1.29 is 9.53 Å². The van der Waals surface area contributed by atoms with Crippen molar-refractivity contribution in [2.24, 2.45) is 0 Å². The van der Waals surface area contributed by atoms with Crippen molar-refractivity contribution in [1.29, 1.82) is 0 Å². The fraction of sp³-hybridized carbons (Fsp3) is 0.389. The van der Waals surface area contributed by atoms with Crippen molar-refractivity contribution >= 4 is 34.7 Å². The van der Waals surface area contributed by atoms with E-state index in [1.54, 1.807) is 36.6 Å². The summed E-state index contributed by atoms with van der Waals surface area (Å²) in [5, 5.41) is 8.52. The Kier molecular flexibility index (Phi) is 5.31. The Bertz CT molecular complexity index is 697. The van der Waals surface area contributed by atoms with Crippen LogP contribution in [0.4, 0.5) is 10.5 Å². The van der Waals surface area contributed by atoms with E-state index >= 15 is 0 Å². The highest BCUT2D eigenvalue weighted by Crippen LogP contribution is 2.42. The van der Waals surface area contributed by atoms with Crippen LogP contribution in [0, 0.1) is 0 Å². The molecule has 0 spiro atoms. The van der Waals surface area contributed by atoms with Gasteiger partial charge in [0.25, 0.3) is 0 Å². The molecule has 1 saturated carbocycles. The number of benzene rings is 1. The third kappa shape index (κ3) is 3.68. The molecule has 1 heterocycles. The van der Waals surface area contributed by atoms with Gasteiger partial charge in [0.1, 0.15) is 5.75 Å². The van der Waals surface area contributed by atoms with Crippen molar-refractivity contribution in [3.8, 4) is 5.75 Å². The predicted octanol–water partition coefficient (Wildman–Crippen LogP) is 5.04. The number of nitrogens with one attached hydrogen (secondary N) is 2. The summed E-state index contributed by atoms with van der Waals surface area (Å²) in [6, 6.07) is 9.17. The van der Waals surface area contributed by atoms with Crippen molar-refractivity contribution in [1.82, 2.24) is 5.32 Å². The van der Waals surface area contributed by atoms with Crippen LogP contribution in [0.15, 0.2) is 35.7 Å². The van der Waals surface area contributed by atoms with E-state index in [0.717, 1.165) is 12.8 Å². The van der Waals surface area contributed by atoms with Gasteiger partial charge in [-0.05, 0) is 42.5 Å². The Morgan fingerprint density at radius 3 is 2.79 bits per heavy atom. The number of hydrogen-bond acceptors (Lipinski definition) is 3. The van der Waals surface area contributed by atoms with E-state index in [-0.39, 0.29) is 11.4 Å². The van der Waals surface area contributed by atoms with E-state index in [4.69, 9.17) is 16.3 Å². The molecule has 4 nitrogen and oxygen atoms in total. The molecule has 1 aliphatic carbocycles. The molecule has 1 aromatic carbocycles. The summed E-state index contributed by atoms with van der Waals surface area (Å²) in [7, 11) is 1.57. The first-order valence-electron chi connectivity index (χ1n) is 8.05. The lowest BCUT2D eigenvalue weighted by Gasteiger charge is -2.28. The van der Waals surface area contributed by atoms with Crippen LogP contribution in [0.3, 0.4) is 0 Å². The smallest absolute Gasteiger partial charge is 0.319 e. The zero-order valence-electron chi connectivity index (χ0n) is 13.6. The fourth-order valence-electron chi connectivity index (χ4n) is 3.34. The third-order valence-electron chi connectivity index (χ3n) is 4.60. The van der Waals surface area contributed by atoms with E-state index < -0.39 is 0 Å². The van der Waals surface area contributed by atoms with Crippen molar-refractivity contribution in [2.45, 2.75) is 31.1 Å². The van der Waals surface area contributed by atoms with Gasteiger partial charge in [-0.2, -0.15) is 0 Å². The Labute approximate surface area is 151 Å². The number of urea groups is 1. The highest BCUT2D eigenvalue weighted by Gasteiger charge is 2.36. The minimum Gasteiger partial charge on any atom is -0.495 e. The minimum atomic E-state index is -0.238.